The summed E-state index contributed by atoms with van der Waals surface area (Å²) >= 11 is 0. The third-order valence-corrected chi connectivity index (χ3v) is 8.58. The highest BCUT2D eigenvalue weighted by Gasteiger charge is 2.64. The van der Waals surface area contributed by atoms with Crippen molar-refractivity contribution in [1.82, 2.24) is 9.97 Å². The van der Waals surface area contributed by atoms with E-state index in [-0.39, 0.29) is 5.56 Å². The second-order valence-corrected chi connectivity index (χ2v) is 18.2. The summed E-state index contributed by atoms with van der Waals surface area (Å²) in [6, 6.07) is 0. The van der Waals surface area contributed by atoms with Crippen LogP contribution in [0.25, 0.3) is 0 Å². The fourth-order valence-corrected chi connectivity index (χ4v) is 6.43. The van der Waals surface area contributed by atoms with Crippen LogP contribution in [0.1, 0.15) is 88.6 Å². The van der Waals surface area contributed by atoms with Gasteiger partial charge in [0.25, 0.3) is 0 Å². The van der Waals surface area contributed by atoms with Gasteiger partial charge in [-0.15, -0.1) is 4.90 Å². The number of nitrogens with zero attached hydrogens (tertiary/aromatic N) is 4. The number of phosphoric acid groups is 1. The Bertz CT molecular complexity index is 1630. The lowest BCUT2D eigenvalue weighted by atomic mass is 9.79. The van der Waals surface area contributed by atoms with Gasteiger partial charge in [-0.2, -0.15) is 9.97 Å². The molecule has 0 radical (unpaired) electrons. The number of ether oxygens (including phenoxy) is 6. The first-order valence-electron chi connectivity index (χ1n) is 16.6. The quantitative estimate of drug-likeness (QED) is 0.178. The number of hydrogen-bond donors (Lipinski definition) is 2. The minimum atomic E-state index is -4.26. The van der Waals surface area contributed by atoms with Crippen molar-refractivity contribution in [3.05, 3.63) is 5.56 Å². The summed E-state index contributed by atoms with van der Waals surface area (Å²) in [5, 5.41) is 23.4. The Morgan fingerprint density at radius 3 is 1.87 bits per heavy atom. The lowest BCUT2D eigenvalue weighted by Gasteiger charge is -2.54. The van der Waals surface area contributed by atoms with Crippen molar-refractivity contribution in [2.75, 3.05) is 23.5 Å². The number of aliphatic hydroxyl groups is 2. The van der Waals surface area contributed by atoms with Crippen molar-refractivity contribution in [1.29, 1.82) is 0 Å². The second-order valence-electron chi connectivity index (χ2n) is 16.5. The fourth-order valence-electron chi connectivity index (χ4n) is 5.28. The molecule has 2 N–H and O–H groups in total. The van der Waals surface area contributed by atoms with Crippen LogP contribution in [0.15, 0.2) is 0 Å². The number of phosphoric ester groups is 1. The summed E-state index contributed by atoms with van der Waals surface area (Å²) in [6.45, 7) is 18.1. The molecule has 1 aromatic heterocycles. The van der Waals surface area contributed by atoms with E-state index >= 15 is 0 Å². The number of rotatable bonds is 3. The molecular formula is C32H49N4O16P. The van der Waals surface area contributed by atoms with Crippen LogP contribution in [0.3, 0.4) is 0 Å². The third-order valence-electron chi connectivity index (χ3n) is 7.18. The number of fused-ring (bicyclic) bond motifs is 3. The van der Waals surface area contributed by atoms with Gasteiger partial charge in [-0.25, -0.2) is 28.6 Å². The van der Waals surface area contributed by atoms with Gasteiger partial charge in [0.2, 0.25) is 17.6 Å². The summed E-state index contributed by atoms with van der Waals surface area (Å²) in [6.07, 6.45) is -10.3. The first-order chi connectivity index (χ1) is 23.9. The van der Waals surface area contributed by atoms with Crippen LogP contribution < -0.4 is 14.5 Å². The molecule has 0 spiro atoms. The summed E-state index contributed by atoms with van der Waals surface area (Å²) in [4.78, 5) is 64.3. The normalized spacial score (nSPS) is 25.5. The Kier molecular flexibility index (Phi) is 11.3. The number of carbonyl (C=O) groups is 4. The van der Waals surface area contributed by atoms with Crippen LogP contribution in [0.2, 0.25) is 0 Å². The van der Waals surface area contributed by atoms with Crippen LogP contribution in [-0.4, -0.2) is 105 Å². The molecule has 0 bridgehead atoms. The van der Waals surface area contributed by atoms with E-state index in [1.54, 1.807) is 83.1 Å². The molecule has 5 unspecified atom stereocenters. The van der Waals surface area contributed by atoms with Crippen LogP contribution in [0.5, 0.6) is 5.88 Å². The van der Waals surface area contributed by atoms with Gasteiger partial charge < -0.3 is 38.6 Å². The summed E-state index contributed by atoms with van der Waals surface area (Å²) in [7, 11) is -3.22. The highest BCUT2D eigenvalue weighted by Crippen LogP contribution is 2.58. The first-order valence-corrected chi connectivity index (χ1v) is 18.1. The van der Waals surface area contributed by atoms with Gasteiger partial charge >= 0.3 is 32.3 Å². The molecule has 3 aliphatic heterocycles. The lowest BCUT2D eigenvalue weighted by Crippen LogP contribution is -2.71. The molecule has 0 saturated carbocycles. The van der Waals surface area contributed by atoms with Gasteiger partial charge in [-0.05, 0) is 89.5 Å². The Morgan fingerprint density at radius 2 is 1.38 bits per heavy atom. The van der Waals surface area contributed by atoms with Crippen molar-refractivity contribution < 1.29 is 75.9 Å². The van der Waals surface area contributed by atoms with Gasteiger partial charge in [-0.3, -0.25) is 13.6 Å². The molecule has 1 aromatic rings. The maximum atomic E-state index is 14.1. The highest BCUT2D eigenvalue weighted by molar-refractivity contribution is 7.48. The smallest absolute Gasteiger partial charge is 0.443 e. The van der Waals surface area contributed by atoms with E-state index in [1.807, 2.05) is 0 Å². The molecule has 0 aliphatic carbocycles. The van der Waals surface area contributed by atoms with Crippen molar-refractivity contribution in [2.45, 2.75) is 136 Å². The topological polar surface area (TPSA) is 241 Å². The fraction of sp³-hybridized carbons (Fsp3) is 0.750. The van der Waals surface area contributed by atoms with E-state index in [1.165, 1.54) is 0 Å². The van der Waals surface area contributed by atoms with E-state index < -0.39 is 115 Å². The molecule has 20 nitrogen and oxygen atoms in total. The predicted octanol–water partition coefficient (Wildman–Crippen LogP) is 4.96. The summed E-state index contributed by atoms with van der Waals surface area (Å²) in [5.74, 6) is -6.40. The van der Waals surface area contributed by atoms with Crippen LogP contribution in [0.4, 0.5) is 30.9 Å². The van der Waals surface area contributed by atoms with Crippen LogP contribution in [-0.2, 0) is 48.2 Å². The van der Waals surface area contributed by atoms with Gasteiger partial charge in [0, 0.05) is 7.11 Å². The number of amides is 3. The molecule has 4 rings (SSSR count). The highest BCUT2D eigenvalue weighted by atomic mass is 31.2. The minimum Gasteiger partial charge on any atom is -0.443 e. The number of anilines is 2. The Hall–Kier alpha value is -3.65. The van der Waals surface area contributed by atoms with E-state index in [2.05, 4.69) is 9.97 Å². The van der Waals surface area contributed by atoms with E-state index in [0.717, 1.165) is 12.0 Å². The largest absolute Gasteiger partial charge is 0.515 e. The van der Waals surface area contributed by atoms with E-state index in [9.17, 15) is 34.0 Å². The molecule has 3 aliphatic rings. The molecule has 5 atom stereocenters. The Balaban J connectivity index is 2.01. The Morgan fingerprint density at radius 1 is 0.849 bits per heavy atom. The van der Waals surface area contributed by atoms with Crippen molar-refractivity contribution in [2.24, 2.45) is 5.92 Å². The van der Waals surface area contributed by atoms with Crippen molar-refractivity contribution in [3.8, 4) is 5.88 Å². The predicted molar refractivity (Wildman–Crippen MR) is 181 cm³/mol. The molecule has 4 heterocycles. The number of aromatic nitrogens is 2. The summed E-state index contributed by atoms with van der Waals surface area (Å²) in [5.41, 5.74) is -4.74. The Labute approximate surface area is 306 Å². The first kappa shape index (κ1) is 42.1. The lowest BCUT2D eigenvalue weighted by molar-refractivity contribution is -0.340. The summed E-state index contributed by atoms with van der Waals surface area (Å²) < 4.78 is 62.0. The monoisotopic (exact) mass is 776 g/mol. The van der Waals surface area contributed by atoms with Crippen LogP contribution >= 0.6 is 7.82 Å². The zero-order chi connectivity index (χ0) is 40.3. The van der Waals surface area contributed by atoms with E-state index in [4.69, 9.17) is 42.0 Å². The second kappa shape index (κ2) is 14.2. The zero-order valence-electron chi connectivity index (χ0n) is 32.1. The maximum Gasteiger partial charge on any atom is 0.515 e. The standard InChI is InChI=1S/C32H49N4O16P/c1-28(2,3)48-24(37)35-20-16(14-17-22(35)46-18-15-45-53(43,44-13)52-19(18)32(17,41)42)21(47-27(40)51-31(10,11)12)34-23(33-20)36(25(38)49-29(4,5)6)26(39)50-30(7,8)9/h17-19,22,41-42H,14-15H2,1-13H3. The third kappa shape index (κ3) is 9.92. The minimum absolute atomic E-state index is 0.225. The number of imide groups is 1. The SMILES string of the molecule is COP1(=O)OCC2OC3C(Cc4c(OC(=O)OC(C)(C)C)nc(N(C(=O)OC(C)(C)C)C(=O)OC(C)(C)C)nc4N3C(=O)OC(C)(C)C)C(O)(O)C2O1. The van der Waals surface area contributed by atoms with Gasteiger partial charge in [-0.1, -0.05) is 0 Å². The molecular weight excluding hydrogens is 727 g/mol. The zero-order valence-corrected chi connectivity index (χ0v) is 33.0. The maximum absolute atomic E-state index is 14.1. The van der Waals surface area contributed by atoms with Gasteiger partial charge in [0.05, 0.1) is 18.1 Å². The van der Waals surface area contributed by atoms with Gasteiger partial charge in [0.15, 0.2) is 18.1 Å². The molecule has 2 saturated heterocycles. The average Bonchev–Trinajstić information content (AvgIpc) is 2.93. The average molecular weight is 777 g/mol. The molecule has 53 heavy (non-hydrogen) atoms. The molecule has 3 amide bonds. The van der Waals surface area contributed by atoms with Crippen molar-refractivity contribution in [3.63, 3.8) is 0 Å². The molecule has 2 fully saturated rings. The number of carbonyl (C=O) groups excluding carboxylic acids is 4. The van der Waals surface area contributed by atoms with Gasteiger partial charge in [0.1, 0.15) is 28.5 Å². The molecule has 298 valence electrons. The van der Waals surface area contributed by atoms with E-state index in [0.29, 0.717) is 4.90 Å². The molecule has 21 heteroatoms. The van der Waals surface area contributed by atoms with Crippen LogP contribution in [0, 0.1) is 5.92 Å². The number of hydrogen-bond acceptors (Lipinski definition) is 18. The molecule has 0 aromatic carbocycles. The van der Waals surface area contributed by atoms with Crippen molar-refractivity contribution >= 4 is 44.0 Å².